The number of hydrogen-bond donors (Lipinski definition) is 0. The van der Waals surface area contributed by atoms with Crippen molar-refractivity contribution in [3.8, 4) is 5.69 Å². The molecule has 1 aliphatic rings. The fraction of sp³-hybridized carbons (Fsp3) is 0.529. The first-order chi connectivity index (χ1) is 11.5. The third kappa shape index (κ3) is 3.77. The SMILES string of the molecule is Cc1ccccc1-n1nnnc1SCC(=O)N1C[C@H](C)C[C@H](C)C1. The summed E-state index contributed by atoms with van der Waals surface area (Å²) < 4.78 is 1.70. The summed E-state index contributed by atoms with van der Waals surface area (Å²) in [6, 6.07) is 7.94. The number of benzene rings is 1. The molecule has 1 aliphatic heterocycles. The molecule has 0 N–H and O–H groups in total. The lowest BCUT2D eigenvalue weighted by Crippen LogP contribution is -2.43. The number of amides is 1. The molecule has 2 aromatic rings. The number of likely N-dealkylation sites (tertiary alicyclic amines) is 1. The van der Waals surface area contributed by atoms with E-state index in [0.717, 1.165) is 24.3 Å². The van der Waals surface area contributed by atoms with Crippen molar-refractivity contribution < 1.29 is 4.79 Å². The number of piperidine rings is 1. The van der Waals surface area contributed by atoms with Crippen LogP contribution in [0.25, 0.3) is 5.69 Å². The van der Waals surface area contributed by atoms with Crippen molar-refractivity contribution in [1.82, 2.24) is 25.1 Å². The molecule has 0 unspecified atom stereocenters. The zero-order valence-electron chi connectivity index (χ0n) is 14.3. The predicted octanol–water partition coefficient (Wildman–Crippen LogP) is 2.57. The molecule has 2 atom stereocenters. The van der Waals surface area contributed by atoms with Crippen LogP contribution in [0.15, 0.2) is 29.4 Å². The van der Waals surface area contributed by atoms with Gasteiger partial charge in [-0.1, -0.05) is 43.8 Å². The lowest BCUT2D eigenvalue weighted by atomic mass is 9.92. The highest BCUT2D eigenvalue weighted by atomic mass is 32.2. The van der Waals surface area contributed by atoms with Crippen molar-refractivity contribution in [3.63, 3.8) is 0 Å². The van der Waals surface area contributed by atoms with Gasteiger partial charge in [0.25, 0.3) is 0 Å². The highest BCUT2D eigenvalue weighted by molar-refractivity contribution is 7.99. The number of aryl methyl sites for hydroxylation is 1. The Morgan fingerprint density at radius 2 is 1.96 bits per heavy atom. The normalized spacial score (nSPS) is 21.0. The Balaban J connectivity index is 1.67. The number of carbonyl (C=O) groups excluding carboxylic acids is 1. The van der Waals surface area contributed by atoms with Crippen LogP contribution >= 0.6 is 11.8 Å². The molecule has 0 spiro atoms. The molecule has 0 radical (unpaired) electrons. The second-order valence-electron chi connectivity index (χ2n) is 6.69. The van der Waals surface area contributed by atoms with Crippen molar-refractivity contribution in [2.75, 3.05) is 18.8 Å². The van der Waals surface area contributed by atoms with E-state index in [2.05, 4.69) is 29.4 Å². The first-order valence-corrected chi connectivity index (χ1v) is 9.28. The van der Waals surface area contributed by atoms with E-state index in [1.165, 1.54) is 18.2 Å². The lowest BCUT2D eigenvalue weighted by molar-refractivity contribution is -0.130. The monoisotopic (exact) mass is 345 g/mol. The van der Waals surface area contributed by atoms with Crippen LogP contribution in [-0.4, -0.2) is 49.9 Å². The fourth-order valence-corrected chi connectivity index (χ4v) is 4.09. The maximum absolute atomic E-state index is 12.5. The molecular weight excluding hydrogens is 322 g/mol. The third-order valence-corrected chi connectivity index (χ3v) is 5.23. The predicted molar refractivity (Wildman–Crippen MR) is 94.1 cm³/mol. The summed E-state index contributed by atoms with van der Waals surface area (Å²) in [5.41, 5.74) is 2.04. The molecule has 1 amide bonds. The molecule has 1 saturated heterocycles. The largest absolute Gasteiger partial charge is 0.341 e. The summed E-state index contributed by atoms with van der Waals surface area (Å²) in [7, 11) is 0. The maximum Gasteiger partial charge on any atom is 0.233 e. The van der Waals surface area contributed by atoms with Gasteiger partial charge in [0.1, 0.15) is 0 Å². The number of aromatic nitrogens is 4. The Labute approximate surface area is 146 Å². The minimum absolute atomic E-state index is 0.165. The standard InChI is InChI=1S/C17H23N5OS/c1-12-8-13(2)10-21(9-12)16(23)11-24-17-18-19-20-22(17)15-7-5-4-6-14(15)3/h4-7,12-13H,8-11H2,1-3H3/t12-,13+. The van der Waals surface area contributed by atoms with Crippen molar-refractivity contribution >= 4 is 17.7 Å². The first kappa shape index (κ1) is 17.0. The van der Waals surface area contributed by atoms with Gasteiger partial charge in [-0.25, -0.2) is 0 Å². The van der Waals surface area contributed by atoms with Gasteiger partial charge in [0.15, 0.2) is 0 Å². The van der Waals surface area contributed by atoms with Crippen LogP contribution in [0.2, 0.25) is 0 Å². The molecule has 24 heavy (non-hydrogen) atoms. The van der Waals surface area contributed by atoms with E-state index >= 15 is 0 Å². The molecule has 128 valence electrons. The van der Waals surface area contributed by atoms with Crippen LogP contribution in [0.3, 0.4) is 0 Å². The van der Waals surface area contributed by atoms with Crippen molar-refractivity contribution in [2.45, 2.75) is 32.3 Å². The molecule has 1 fully saturated rings. The highest BCUT2D eigenvalue weighted by Crippen LogP contribution is 2.24. The van der Waals surface area contributed by atoms with Crippen LogP contribution in [-0.2, 0) is 4.79 Å². The average molecular weight is 345 g/mol. The number of rotatable bonds is 4. The zero-order valence-corrected chi connectivity index (χ0v) is 15.2. The Hall–Kier alpha value is -1.89. The molecule has 0 bridgehead atoms. The molecule has 6 nitrogen and oxygen atoms in total. The van der Waals surface area contributed by atoms with Gasteiger partial charge in [0.05, 0.1) is 11.4 Å². The van der Waals surface area contributed by atoms with E-state index in [4.69, 9.17) is 0 Å². The Morgan fingerprint density at radius 1 is 1.25 bits per heavy atom. The first-order valence-electron chi connectivity index (χ1n) is 8.29. The van der Waals surface area contributed by atoms with Gasteiger partial charge < -0.3 is 4.90 Å². The Morgan fingerprint density at radius 3 is 2.67 bits per heavy atom. The van der Waals surface area contributed by atoms with Gasteiger partial charge in [-0.2, -0.15) is 4.68 Å². The van der Waals surface area contributed by atoms with Gasteiger partial charge in [-0.3, -0.25) is 4.79 Å². The minimum atomic E-state index is 0.165. The number of nitrogens with zero attached hydrogens (tertiary/aromatic N) is 5. The van der Waals surface area contributed by atoms with E-state index in [1.807, 2.05) is 36.1 Å². The highest BCUT2D eigenvalue weighted by Gasteiger charge is 2.25. The zero-order chi connectivity index (χ0) is 17.1. The summed E-state index contributed by atoms with van der Waals surface area (Å²) in [6.07, 6.45) is 1.20. The van der Waals surface area contributed by atoms with Crippen LogP contribution < -0.4 is 0 Å². The molecule has 2 heterocycles. The van der Waals surface area contributed by atoms with Crippen molar-refractivity contribution in [2.24, 2.45) is 11.8 Å². The van der Waals surface area contributed by atoms with Gasteiger partial charge in [-0.15, -0.1) is 5.10 Å². The molecule has 1 aromatic carbocycles. The van der Waals surface area contributed by atoms with Gasteiger partial charge >= 0.3 is 0 Å². The van der Waals surface area contributed by atoms with E-state index in [9.17, 15) is 4.79 Å². The summed E-state index contributed by atoms with van der Waals surface area (Å²) in [5, 5.41) is 12.6. The van der Waals surface area contributed by atoms with Crippen LogP contribution in [0.1, 0.15) is 25.8 Å². The van der Waals surface area contributed by atoms with Crippen molar-refractivity contribution in [1.29, 1.82) is 0 Å². The molecule has 3 rings (SSSR count). The topological polar surface area (TPSA) is 63.9 Å². The molecule has 7 heteroatoms. The fourth-order valence-electron chi connectivity index (χ4n) is 3.31. The minimum Gasteiger partial charge on any atom is -0.341 e. The molecule has 1 aromatic heterocycles. The van der Waals surface area contributed by atoms with Crippen LogP contribution in [0, 0.1) is 18.8 Å². The van der Waals surface area contributed by atoms with Crippen LogP contribution in [0.5, 0.6) is 0 Å². The average Bonchev–Trinajstić information content (AvgIpc) is 3.00. The number of tetrazole rings is 1. The number of carbonyl (C=O) groups is 1. The Kier molecular flexibility index (Phi) is 5.18. The van der Waals surface area contributed by atoms with E-state index in [0.29, 0.717) is 22.7 Å². The summed E-state index contributed by atoms with van der Waals surface area (Å²) in [6.45, 7) is 8.15. The smallest absolute Gasteiger partial charge is 0.233 e. The van der Waals surface area contributed by atoms with Gasteiger partial charge in [0, 0.05) is 13.1 Å². The number of para-hydroxylation sites is 1. The maximum atomic E-state index is 12.5. The lowest BCUT2D eigenvalue weighted by Gasteiger charge is -2.34. The number of thioether (sulfide) groups is 1. The second-order valence-corrected chi connectivity index (χ2v) is 7.64. The number of hydrogen-bond acceptors (Lipinski definition) is 5. The Bertz CT molecular complexity index is 707. The molecule has 0 saturated carbocycles. The van der Waals surface area contributed by atoms with Gasteiger partial charge in [-0.05, 0) is 47.2 Å². The summed E-state index contributed by atoms with van der Waals surface area (Å²) in [4.78, 5) is 14.5. The van der Waals surface area contributed by atoms with Crippen molar-refractivity contribution in [3.05, 3.63) is 29.8 Å². The van der Waals surface area contributed by atoms with Gasteiger partial charge in [0.2, 0.25) is 11.1 Å². The van der Waals surface area contributed by atoms with E-state index in [1.54, 1.807) is 4.68 Å². The molecule has 0 aliphatic carbocycles. The third-order valence-electron chi connectivity index (χ3n) is 4.33. The summed E-state index contributed by atoms with van der Waals surface area (Å²) >= 11 is 1.40. The van der Waals surface area contributed by atoms with E-state index < -0.39 is 0 Å². The van der Waals surface area contributed by atoms with E-state index in [-0.39, 0.29) is 5.91 Å². The quantitative estimate of drug-likeness (QED) is 0.797. The second kappa shape index (κ2) is 7.34. The molecular formula is C17H23N5OS. The van der Waals surface area contributed by atoms with Crippen LogP contribution in [0.4, 0.5) is 0 Å². The summed E-state index contributed by atoms with van der Waals surface area (Å²) in [5.74, 6) is 1.67.